The quantitative estimate of drug-likeness (QED) is 0.880. The summed E-state index contributed by atoms with van der Waals surface area (Å²) in [5, 5.41) is 2.92. The lowest BCUT2D eigenvalue weighted by atomic mass is 10.1. The van der Waals surface area contributed by atoms with Crippen LogP contribution in [0.1, 0.15) is 22.3 Å². The van der Waals surface area contributed by atoms with E-state index in [1.54, 1.807) is 31.4 Å². The fourth-order valence-electron chi connectivity index (χ4n) is 3.03. The molecule has 5 heteroatoms. The summed E-state index contributed by atoms with van der Waals surface area (Å²) in [6.07, 6.45) is 0.482. The van der Waals surface area contributed by atoms with Gasteiger partial charge in [0, 0.05) is 37.5 Å². The molecule has 0 bridgehead atoms. The van der Waals surface area contributed by atoms with Gasteiger partial charge in [0.2, 0.25) is 5.91 Å². The van der Waals surface area contributed by atoms with Crippen LogP contribution >= 0.6 is 0 Å². The van der Waals surface area contributed by atoms with E-state index in [0.29, 0.717) is 31.6 Å². The van der Waals surface area contributed by atoms with Crippen molar-refractivity contribution in [3.8, 4) is 5.75 Å². The zero-order chi connectivity index (χ0) is 17.6. The number of amides is 2. The molecular formula is C20H22N2O3. The molecule has 2 aromatic carbocycles. The number of carbonyl (C=O) groups is 2. The van der Waals surface area contributed by atoms with Gasteiger partial charge in [0.15, 0.2) is 0 Å². The summed E-state index contributed by atoms with van der Waals surface area (Å²) in [7, 11) is 1.59. The monoisotopic (exact) mass is 338 g/mol. The fraction of sp³-hybridized carbons (Fsp3) is 0.300. The minimum atomic E-state index is -0.128. The Morgan fingerprint density at radius 3 is 2.56 bits per heavy atom. The molecule has 1 fully saturated rings. The molecule has 0 aromatic heterocycles. The average Bonchev–Trinajstić information content (AvgIpc) is 3.00. The van der Waals surface area contributed by atoms with Crippen LogP contribution in [0.25, 0.3) is 0 Å². The van der Waals surface area contributed by atoms with Crippen LogP contribution in [0.4, 0.5) is 0 Å². The zero-order valence-electron chi connectivity index (χ0n) is 14.3. The third kappa shape index (κ3) is 4.38. The van der Waals surface area contributed by atoms with Crippen LogP contribution in [0.5, 0.6) is 5.75 Å². The minimum Gasteiger partial charge on any atom is -0.497 e. The van der Waals surface area contributed by atoms with Crippen LogP contribution in [0, 0.1) is 5.92 Å². The van der Waals surface area contributed by atoms with E-state index < -0.39 is 0 Å². The number of nitrogens with one attached hydrogen (secondary N) is 1. The van der Waals surface area contributed by atoms with Crippen molar-refractivity contribution in [1.29, 1.82) is 0 Å². The Bertz CT molecular complexity index is 728. The smallest absolute Gasteiger partial charge is 0.251 e. The normalized spacial score (nSPS) is 16.8. The summed E-state index contributed by atoms with van der Waals surface area (Å²) in [5.41, 5.74) is 1.71. The van der Waals surface area contributed by atoms with Crippen LogP contribution in [0.2, 0.25) is 0 Å². The molecule has 0 unspecified atom stereocenters. The highest BCUT2D eigenvalue weighted by molar-refractivity contribution is 5.94. The van der Waals surface area contributed by atoms with Crippen LogP contribution in [-0.4, -0.2) is 36.9 Å². The molecule has 5 nitrogen and oxygen atoms in total. The van der Waals surface area contributed by atoms with Gasteiger partial charge in [-0.1, -0.05) is 30.3 Å². The first-order chi connectivity index (χ1) is 12.2. The third-order valence-electron chi connectivity index (χ3n) is 4.41. The second-order valence-corrected chi connectivity index (χ2v) is 6.27. The topological polar surface area (TPSA) is 58.6 Å². The molecular weight excluding hydrogens is 316 g/mol. The van der Waals surface area contributed by atoms with Gasteiger partial charge in [0.05, 0.1) is 7.11 Å². The molecule has 1 aliphatic heterocycles. The Kier molecular flexibility index (Phi) is 5.33. The van der Waals surface area contributed by atoms with Gasteiger partial charge in [-0.3, -0.25) is 9.59 Å². The van der Waals surface area contributed by atoms with Gasteiger partial charge in [-0.2, -0.15) is 0 Å². The van der Waals surface area contributed by atoms with E-state index in [1.807, 2.05) is 35.2 Å². The Morgan fingerprint density at radius 1 is 1.16 bits per heavy atom. The summed E-state index contributed by atoms with van der Waals surface area (Å²) < 4.78 is 5.09. The number of hydrogen-bond acceptors (Lipinski definition) is 3. The van der Waals surface area contributed by atoms with Gasteiger partial charge in [0.1, 0.15) is 5.75 Å². The van der Waals surface area contributed by atoms with Crippen LogP contribution in [-0.2, 0) is 11.3 Å². The standard InChI is InChI=1S/C20H22N2O3/c1-25-18-9-7-17(8-10-18)20(24)21-12-16-11-19(23)22(14-16)13-15-5-3-2-4-6-15/h2-10,16H,11-14H2,1H3,(H,21,24)/t16-/m0/s1. The minimum absolute atomic E-state index is 0.128. The molecule has 0 saturated carbocycles. The van der Waals surface area contributed by atoms with Crippen molar-refractivity contribution in [2.45, 2.75) is 13.0 Å². The van der Waals surface area contributed by atoms with Crippen molar-refractivity contribution in [3.63, 3.8) is 0 Å². The number of hydrogen-bond donors (Lipinski definition) is 1. The average molecular weight is 338 g/mol. The van der Waals surface area contributed by atoms with E-state index >= 15 is 0 Å². The second kappa shape index (κ2) is 7.83. The fourth-order valence-corrected chi connectivity index (χ4v) is 3.03. The molecule has 1 atom stereocenters. The van der Waals surface area contributed by atoms with E-state index in [2.05, 4.69) is 5.32 Å². The molecule has 130 valence electrons. The third-order valence-corrected chi connectivity index (χ3v) is 4.41. The van der Waals surface area contributed by atoms with Crippen molar-refractivity contribution in [2.75, 3.05) is 20.2 Å². The van der Waals surface area contributed by atoms with Gasteiger partial charge >= 0.3 is 0 Å². The number of ether oxygens (including phenoxy) is 1. The number of benzene rings is 2. The van der Waals surface area contributed by atoms with Crippen LogP contribution in [0.15, 0.2) is 54.6 Å². The van der Waals surface area contributed by atoms with Crippen molar-refractivity contribution in [2.24, 2.45) is 5.92 Å². The van der Waals surface area contributed by atoms with Crippen molar-refractivity contribution in [3.05, 3.63) is 65.7 Å². The van der Waals surface area contributed by atoms with Gasteiger partial charge < -0.3 is 15.0 Å². The lowest BCUT2D eigenvalue weighted by molar-refractivity contribution is -0.128. The maximum atomic E-state index is 12.2. The van der Waals surface area contributed by atoms with E-state index in [-0.39, 0.29) is 17.7 Å². The highest BCUT2D eigenvalue weighted by atomic mass is 16.5. The number of likely N-dealkylation sites (tertiary alicyclic amines) is 1. The van der Waals surface area contributed by atoms with E-state index in [9.17, 15) is 9.59 Å². The number of carbonyl (C=O) groups excluding carboxylic acids is 2. The molecule has 3 rings (SSSR count). The van der Waals surface area contributed by atoms with E-state index in [4.69, 9.17) is 4.74 Å². The Morgan fingerprint density at radius 2 is 1.88 bits per heavy atom. The molecule has 1 N–H and O–H groups in total. The highest BCUT2D eigenvalue weighted by Gasteiger charge is 2.29. The number of rotatable bonds is 6. The molecule has 1 heterocycles. The zero-order valence-corrected chi connectivity index (χ0v) is 14.3. The lowest BCUT2D eigenvalue weighted by Gasteiger charge is -2.17. The highest BCUT2D eigenvalue weighted by Crippen LogP contribution is 2.20. The Hall–Kier alpha value is -2.82. The molecule has 2 aromatic rings. The summed E-state index contributed by atoms with van der Waals surface area (Å²) in [6, 6.07) is 16.9. The Balaban J connectivity index is 1.50. The first-order valence-electron chi connectivity index (χ1n) is 8.39. The molecule has 1 aliphatic rings. The molecule has 0 radical (unpaired) electrons. The summed E-state index contributed by atoms with van der Waals surface area (Å²) in [4.78, 5) is 26.2. The first kappa shape index (κ1) is 17.0. The van der Waals surface area contributed by atoms with Gasteiger partial charge in [-0.15, -0.1) is 0 Å². The van der Waals surface area contributed by atoms with Crippen molar-refractivity contribution in [1.82, 2.24) is 10.2 Å². The van der Waals surface area contributed by atoms with Crippen LogP contribution in [0.3, 0.4) is 0 Å². The Labute approximate surface area is 147 Å². The maximum Gasteiger partial charge on any atom is 0.251 e. The molecule has 25 heavy (non-hydrogen) atoms. The molecule has 2 amide bonds. The lowest BCUT2D eigenvalue weighted by Crippen LogP contribution is -2.31. The molecule has 1 saturated heterocycles. The van der Waals surface area contributed by atoms with Gasteiger partial charge in [0.25, 0.3) is 5.91 Å². The van der Waals surface area contributed by atoms with E-state index in [1.165, 1.54) is 0 Å². The largest absolute Gasteiger partial charge is 0.497 e. The maximum absolute atomic E-state index is 12.2. The summed E-state index contributed by atoms with van der Waals surface area (Å²) in [5.74, 6) is 0.886. The SMILES string of the molecule is COc1ccc(C(=O)NC[C@@H]2CC(=O)N(Cc3ccccc3)C2)cc1. The number of nitrogens with zero attached hydrogens (tertiary/aromatic N) is 1. The summed E-state index contributed by atoms with van der Waals surface area (Å²) in [6.45, 7) is 1.81. The second-order valence-electron chi connectivity index (χ2n) is 6.27. The van der Waals surface area contributed by atoms with Crippen LogP contribution < -0.4 is 10.1 Å². The number of methoxy groups -OCH3 is 1. The van der Waals surface area contributed by atoms with E-state index in [0.717, 1.165) is 11.3 Å². The molecule has 0 spiro atoms. The molecule has 0 aliphatic carbocycles. The van der Waals surface area contributed by atoms with Gasteiger partial charge in [-0.05, 0) is 29.8 Å². The van der Waals surface area contributed by atoms with Crippen molar-refractivity contribution >= 4 is 11.8 Å². The predicted octanol–water partition coefficient (Wildman–Crippen LogP) is 2.47. The van der Waals surface area contributed by atoms with Crippen molar-refractivity contribution < 1.29 is 14.3 Å². The first-order valence-corrected chi connectivity index (χ1v) is 8.39. The predicted molar refractivity (Wildman–Crippen MR) is 95.3 cm³/mol. The van der Waals surface area contributed by atoms with Gasteiger partial charge in [-0.25, -0.2) is 0 Å². The summed E-state index contributed by atoms with van der Waals surface area (Å²) >= 11 is 0.